The number of nitrogens with zero attached hydrogens (tertiary/aromatic N) is 2. The quantitative estimate of drug-likeness (QED) is 0.476. The van der Waals surface area contributed by atoms with Crippen LogP contribution in [0.2, 0.25) is 0 Å². The van der Waals surface area contributed by atoms with E-state index in [1.165, 1.54) is 6.08 Å². The van der Waals surface area contributed by atoms with Gasteiger partial charge in [-0.3, -0.25) is 9.80 Å². The third-order valence-electron chi connectivity index (χ3n) is 3.76. The van der Waals surface area contributed by atoms with Crippen LogP contribution >= 0.6 is 12.2 Å². The number of thiocarbonyl (C=S) groups is 1. The smallest absolute Gasteiger partial charge is 0.265 e. The lowest BCUT2D eigenvalue weighted by Gasteiger charge is -2.29. The first-order valence-corrected chi connectivity index (χ1v) is 8.39. The van der Waals surface area contributed by atoms with Gasteiger partial charge in [0.1, 0.15) is 11.5 Å². The number of carbonyl (C=O) groups excluding carboxylic acids is 1. The highest BCUT2D eigenvalue weighted by Gasteiger charge is 2.27. The maximum atomic E-state index is 12.6. The van der Waals surface area contributed by atoms with Crippen molar-refractivity contribution in [1.29, 1.82) is 0 Å². The fourth-order valence-corrected chi connectivity index (χ4v) is 2.79. The van der Waals surface area contributed by atoms with Crippen LogP contribution in [-0.4, -0.2) is 54.9 Å². The maximum Gasteiger partial charge on any atom is 0.265 e. The van der Waals surface area contributed by atoms with Crippen molar-refractivity contribution in [2.24, 2.45) is 0 Å². The number of rotatable bonds is 6. The molecule has 0 radical (unpaired) electrons. The third kappa shape index (κ3) is 4.73. The van der Waals surface area contributed by atoms with E-state index in [0.29, 0.717) is 36.2 Å². The number of methoxy groups -OCH3 is 2. The average Bonchev–Trinajstić information content (AvgIpc) is 3.13. The van der Waals surface area contributed by atoms with Crippen LogP contribution in [0.1, 0.15) is 12.0 Å². The molecule has 1 fully saturated rings. The molecule has 0 aromatic heterocycles. The molecular weight excluding hydrogens is 338 g/mol. The summed E-state index contributed by atoms with van der Waals surface area (Å²) in [6.07, 6.45) is 5.84. The first-order chi connectivity index (χ1) is 12.1. The summed E-state index contributed by atoms with van der Waals surface area (Å²) in [6.45, 7) is 5.56. The maximum absolute atomic E-state index is 12.6. The van der Waals surface area contributed by atoms with Crippen molar-refractivity contribution in [1.82, 2.24) is 15.3 Å². The van der Waals surface area contributed by atoms with E-state index in [-0.39, 0.29) is 5.91 Å². The molecule has 0 spiro atoms. The molecule has 7 heteroatoms. The van der Waals surface area contributed by atoms with Crippen molar-refractivity contribution in [3.8, 4) is 11.5 Å². The Kier molecular flexibility index (Phi) is 6.82. The molecule has 1 heterocycles. The lowest BCUT2D eigenvalue weighted by atomic mass is 10.1. The van der Waals surface area contributed by atoms with Crippen molar-refractivity contribution >= 4 is 29.3 Å². The molecule has 1 N–H and O–H groups in total. The number of nitrogens with one attached hydrogen (secondary N) is 1. The molecule has 0 bridgehead atoms. The van der Waals surface area contributed by atoms with Gasteiger partial charge in [0.25, 0.3) is 5.91 Å². The van der Waals surface area contributed by atoms with Crippen LogP contribution in [0.25, 0.3) is 6.08 Å². The minimum absolute atomic E-state index is 0.134. The number of amides is 1. The molecule has 1 aromatic rings. The SMILES string of the molecule is C=CCNC(=S)N1CCCN1C(=O)C=Cc1cc(OC)ccc1OC. The van der Waals surface area contributed by atoms with Gasteiger partial charge in [0, 0.05) is 31.3 Å². The van der Waals surface area contributed by atoms with Gasteiger partial charge in [0.2, 0.25) is 0 Å². The summed E-state index contributed by atoms with van der Waals surface area (Å²) in [5.41, 5.74) is 0.772. The van der Waals surface area contributed by atoms with Gasteiger partial charge in [-0.25, -0.2) is 5.01 Å². The molecule has 1 aliphatic rings. The van der Waals surface area contributed by atoms with Gasteiger partial charge in [-0.2, -0.15) is 0 Å². The number of carbonyl (C=O) groups is 1. The Balaban J connectivity index is 2.11. The number of hydrazine groups is 1. The number of hydrogen-bond donors (Lipinski definition) is 1. The van der Waals surface area contributed by atoms with E-state index in [2.05, 4.69) is 11.9 Å². The largest absolute Gasteiger partial charge is 0.497 e. The molecular formula is C18H23N3O3S. The standard InChI is InChI=1S/C18H23N3O3S/c1-4-10-19-18(25)21-12-5-11-20(21)17(22)9-6-14-13-15(23-2)7-8-16(14)24-3/h4,6-9,13H,1,5,10-12H2,2-3H3,(H,19,25). The molecule has 0 atom stereocenters. The van der Waals surface area contributed by atoms with Crippen LogP contribution in [0.3, 0.4) is 0 Å². The van der Waals surface area contributed by atoms with E-state index in [1.807, 2.05) is 12.1 Å². The van der Waals surface area contributed by atoms with E-state index < -0.39 is 0 Å². The Morgan fingerprint density at radius 3 is 2.76 bits per heavy atom. The second-order valence-corrected chi connectivity index (χ2v) is 5.74. The Morgan fingerprint density at radius 2 is 2.08 bits per heavy atom. The molecule has 25 heavy (non-hydrogen) atoms. The molecule has 0 saturated carbocycles. The summed E-state index contributed by atoms with van der Waals surface area (Å²) in [5, 5.41) is 7.00. The molecule has 2 rings (SSSR count). The molecule has 1 saturated heterocycles. The van der Waals surface area contributed by atoms with E-state index in [9.17, 15) is 4.79 Å². The molecule has 1 aromatic carbocycles. The summed E-state index contributed by atoms with van der Waals surface area (Å²) in [5.74, 6) is 1.24. The molecule has 6 nitrogen and oxygen atoms in total. The predicted molar refractivity (Wildman–Crippen MR) is 102 cm³/mol. The van der Waals surface area contributed by atoms with E-state index in [0.717, 1.165) is 12.0 Å². The van der Waals surface area contributed by atoms with Gasteiger partial charge in [0.15, 0.2) is 5.11 Å². The van der Waals surface area contributed by atoms with Crippen LogP contribution in [0.15, 0.2) is 36.9 Å². The highest BCUT2D eigenvalue weighted by Crippen LogP contribution is 2.25. The van der Waals surface area contributed by atoms with Crippen LogP contribution in [-0.2, 0) is 4.79 Å². The minimum atomic E-state index is -0.134. The first kappa shape index (κ1) is 18.8. The van der Waals surface area contributed by atoms with Crippen molar-refractivity contribution in [3.05, 3.63) is 42.5 Å². The third-order valence-corrected chi connectivity index (χ3v) is 4.12. The highest BCUT2D eigenvalue weighted by molar-refractivity contribution is 7.80. The van der Waals surface area contributed by atoms with Crippen molar-refractivity contribution in [2.75, 3.05) is 33.9 Å². The lowest BCUT2D eigenvalue weighted by Crippen LogP contribution is -2.48. The van der Waals surface area contributed by atoms with Gasteiger partial charge >= 0.3 is 0 Å². The van der Waals surface area contributed by atoms with Crippen molar-refractivity contribution in [3.63, 3.8) is 0 Å². The Morgan fingerprint density at radius 1 is 1.32 bits per heavy atom. The highest BCUT2D eigenvalue weighted by atomic mass is 32.1. The van der Waals surface area contributed by atoms with Crippen LogP contribution in [0, 0.1) is 0 Å². The van der Waals surface area contributed by atoms with Crippen LogP contribution in [0.4, 0.5) is 0 Å². The van der Waals surface area contributed by atoms with Gasteiger partial charge in [-0.05, 0) is 42.9 Å². The van der Waals surface area contributed by atoms with Gasteiger partial charge < -0.3 is 14.8 Å². The zero-order chi connectivity index (χ0) is 18.2. The van der Waals surface area contributed by atoms with Gasteiger partial charge in [-0.15, -0.1) is 6.58 Å². The summed E-state index contributed by atoms with van der Waals surface area (Å²) in [6, 6.07) is 5.43. The molecule has 134 valence electrons. The summed E-state index contributed by atoms with van der Waals surface area (Å²) in [7, 11) is 3.19. The monoisotopic (exact) mass is 361 g/mol. The fourth-order valence-electron chi connectivity index (χ4n) is 2.52. The first-order valence-electron chi connectivity index (χ1n) is 7.98. The van der Waals surface area contributed by atoms with Crippen molar-refractivity contribution in [2.45, 2.75) is 6.42 Å². The Bertz CT molecular complexity index is 676. The number of ether oxygens (including phenoxy) is 2. The van der Waals surface area contributed by atoms with Gasteiger partial charge in [-0.1, -0.05) is 6.08 Å². The zero-order valence-electron chi connectivity index (χ0n) is 14.5. The number of benzene rings is 1. The molecule has 0 aliphatic carbocycles. The second kappa shape index (κ2) is 9.08. The van der Waals surface area contributed by atoms with E-state index in [1.54, 1.807) is 42.5 Å². The van der Waals surface area contributed by atoms with Crippen LogP contribution < -0.4 is 14.8 Å². The summed E-state index contributed by atoms with van der Waals surface area (Å²) >= 11 is 5.34. The topological polar surface area (TPSA) is 54.0 Å². The Labute approximate surface area is 153 Å². The predicted octanol–water partition coefficient (Wildman–Crippen LogP) is 2.23. The van der Waals surface area contributed by atoms with Crippen molar-refractivity contribution < 1.29 is 14.3 Å². The molecule has 1 aliphatic heterocycles. The van der Waals surface area contributed by atoms with E-state index >= 15 is 0 Å². The average molecular weight is 361 g/mol. The Hall–Kier alpha value is -2.54. The van der Waals surface area contributed by atoms with Crippen LogP contribution in [0.5, 0.6) is 11.5 Å². The number of hydrogen-bond acceptors (Lipinski definition) is 4. The minimum Gasteiger partial charge on any atom is -0.497 e. The lowest BCUT2D eigenvalue weighted by molar-refractivity contribution is -0.133. The summed E-state index contributed by atoms with van der Waals surface area (Å²) in [4.78, 5) is 12.6. The second-order valence-electron chi connectivity index (χ2n) is 5.35. The summed E-state index contributed by atoms with van der Waals surface area (Å²) < 4.78 is 10.5. The van der Waals surface area contributed by atoms with Gasteiger partial charge in [0.05, 0.1) is 14.2 Å². The molecule has 1 amide bonds. The zero-order valence-corrected chi connectivity index (χ0v) is 15.3. The molecule has 0 unspecified atom stereocenters. The normalized spacial score (nSPS) is 13.8. The fraction of sp³-hybridized carbons (Fsp3) is 0.333. The van der Waals surface area contributed by atoms with E-state index in [4.69, 9.17) is 21.7 Å².